The van der Waals surface area contributed by atoms with E-state index in [0.717, 1.165) is 38.9 Å². The Morgan fingerprint density at radius 2 is 1.80 bits per heavy atom. The topological polar surface area (TPSA) is 58.4 Å². The Morgan fingerprint density at radius 1 is 1.12 bits per heavy atom. The molecule has 0 bridgehead atoms. The average Bonchev–Trinajstić information content (AvgIpc) is 3.20. The third kappa shape index (κ3) is 6.45. The summed E-state index contributed by atoms with van der Waals surface area (Å²) in [5, 5.41) is 3.27. The van der Waals surface area contributed by atoms with Gasteiger partial charge in [-0.3, -0.25) is 4.79 Å². The number of amides is 1. The normalized spacial score (nSPS) is 24.2. The van der Waals surface area contributed by atoms with Gasteiger partial charge in [-0.25, -0.2) is 0 Å². The van der Waals surface area contributed by atoms with E-state index in [-0.39, 0.29) is 42.8 Å². The van der Waals surface area contributed by atoms with Crippen molar-refractivity contribution in [3.8, 4) is 0 Å². The second-order valence-electron chi connectivity index (χ2n) is 7.10. The molecule has 0 radical (unpaired) electrons. The molecular formula is C19H31Cl2N3O. The molecule has 1 saturated heterocycles. The lowest BCUT2D eigenvalue weighted by Gasteiger charge is -2.26. The predicted octanol–water partition coefficient (Wildman–Crippen LogP) is 3.30. The van der Waals surface area contributed by atoms with Gasteiger partial charge in [0.05, 0.1) is 6.04 Å². The second kappa shape index (κ2) is 11.0. The minimum absolute atomic E-state index is 0. The molecule has 1 aliphatic heterocycles. The van der Waals surface area contributed by atoms with Crippen LogP contribution in [-0.2, 0) is 4.79 Å². The number of carbonyl (C=O) groups excluding carboxylic acids is 1. The Labute approximate surface area is 163 Å². The highest BCUT2D eigenvalue weighted by Gasteiger charge is 2.27. The first-order valence-corrected chi connectivity index (χ1v) is 9.04. The highest BCUT2D eigenvalue weighted by Crippen LogP contribution is 2.27. The number of nitrogens with zero attached hydrogens (tertiary/aromatic N) is 1. The molecule has 1 aliphatic carbocycles. The molecule has 1 amide bonds. The fraction of sp³-hybridized carbons (Fsp3) is 0.632. The van der Waals surface area contributed by atoms with Gasteiger partial charge < -0.3 is 16.0 Å². The van der Waals surface area contributed by atoms with Crippen LogP contribution < -0.4 is 11.1 Å². The largest absolute Gasteiger partial charge is 0.348 e. The van der Waals surface area contributed by atoms with Gasteiger partial charge >= 0.3 is 0 Å². The maximum absolute atomic E-state index is 12.5. The zero-order chi connectivity index (χ0) is 16.1. The molecule has 0 spiro atoms. The number of nitrogens with one attached hydrogen (secondary N) is 1. The van der Waals surface area contributed by atoms with Crippen LogP contribution in [0, 0.1) is 5.92 Å². The Hall–Kier alpha value is -0.810. The van der Waals surface area contributed by atoms with E-state index in [0.29, 0.717) is 12.3 Å². The number of nitrogens with two attached hydrogens (primary N) is 1. The number of hydrogen-bond acceptors (Lipinski definition) is 3. The SMILES string of the molecule is Cl.Cl.N[C@@H]1CCC[C@H]1CC(=O)NC(CN1CCCC1)c1ccccc1. The molecule has 3 N–H and O–H groups in total. The van der Waals surface area contributed by atoms with E-state index in [9.17, 15) is 4.79 Å². The van der Waals surface area contributed by atoms with E-state index in [1.54, 1.807) is 0 Å². The molecule has 6 heteroatoms. The average molecular weight is 388 g/mol. The van der Waals surface area contributed by atoms with Crippen molar-refractivity contribution in [1.82, 2.24) is 10.2 Å². The van der Waals surface area contributed by atoms with Gasteiger partial charge in [0.25, 0.3) is 0 Å². The first kappa shape index (κ1) is 22.2. The summed E-state index contributed by atoms with van der Waals surface area (Å²) in [4.78, 5) is 15.0. The van der Waals surface area contributed by atoms with Crippen molar-refractivity contribution in [1.29, 1.82) is 0 Å². The van der Waals surface area contributed by atoms with Gasteiger partial charge in [0.1, 0.15) is 0 Å². The number of halogens is 2. The van der Waals surface area contributed by atoms with Crippen LogP contribution in [0.15, 0.2) is 30.3 Å². The zero-order valence-corrected chi connectivity index (χ0v) is 16.4. The minimum Gasteiger partial charge on any atom is -0.348 e. The fourth-order valence-corrected chi connectivity index (χ4v) is 3.95. The number of likely N-dealkylation sites (tertiary alicyclic amines) is 1. The molecule has 4 nitrogen and oxygen atoms in total. The van der Waals surface area contributed by atoms with Crippen molar-refractivity contribution in [2.45, 2.75) is 50.6 Å². The number of benzene rings is 1. The molecule has 1 aromatic rings. The summed E-state index contributed by atoms with van der Waals surface area (Å²) in [5.41, 5.74) is 7.31. The van der Waals surface area contributed by atoms with Crippen molar-refractivity contribution in [2.75, 3.05) is 19.6 Å². The van der Waals surface area contributed by atoms with Crippen molar-refractivity contribution in [3.63, 3.8) is 0 Å². The van der Waals surface area contributed by atoms with Crippen LogP contribution in [0.1, 0.15) is 50.1 Å². The Kier molecular flexibility index (Phi) is 9.80. The van der Waals surface area contributed by atoms with E-state index < -0.39 is 0 Å². The molecule has 2 fully saturated rings. The summed E-state index contributed by atoms with van der Waals surface area (Å²) in [5.74, 6) is 0.513. The first-order valence-electron chi connectivity index (χ1n) is 9.04. The molecule has 3 rings (SSSR count). The lowest BCUT2D eigenvalue weighted by atomic mass is 9.99. The van der Waals surface area contributed by atoms with Crippen LogP contribution in [0.3, 0.4) is 0 Å². The smallest absolute Gasteiger partial charge is 0.220 e. The second-order valence-corrected chi connectivity index (χ2v) is 7.10. The predicted molar refractivity (Wildman–Crippen MR) is 107 cm³/mol. The van der Waals surface area contributed by atoms with Crippen LogP contribution in [0.25, 0.3) is 0 Å². The monoisotopic (exact) mass is 387 g/mol. The van der Waals surface area contributed by atoms with Crippen LogP contribution in [0.5, 0.6) is 0 Å². The van der Waals surface area contributed by atoms with E-state index in [4.69, 9.17) is 5.73 Å². The molecule has 0 aromatic heterocycles. The van der Waals surface area contributed by atoms with E-state index in [1.165, 1.54) is 18.4 Å². The zero-order valence-electron chi connectivity index (χ0n) is 14.7. The first-order chi connectivity index (χ1) is 11.2. The van der Waals surface area contributed by atoms with Crippen molar-refractivity contribution < 1.29 is 4.79 Å². The summed E-state index contributed by atoms with van der Waals surface area (Å²) in [6.07, 6.45) is 6.43. The summed E-state index contributed by atoms with van der Waals surface area (Å²) in [6.45, 7) is 3.20. The van der Waals surface area contributed by atoms with Crippen LogP contribution in [0.4, 0.5) is 0 Å². The van der Waals surface area contributed by atoms with Crippen LogP contribution in [0.2, 0.25) is 0 Å². The quantitative estimate of drug-likeness (QED) is 0.786. The Morgan fingerprint density at radius 3 is 2.40 bits per heavy atom. The van der Waals surface area contributed by atoms with E-state index in [2.05, 4.69) is 22.3 Å². The van der Waals surface area contributed by atoms with Crippen LogP contribution >= 0.6 is 24.8 Å². The third-order valence-electron chi connectivity index (χ3n) is 5.34. The lowest BCUT2D eigenvalue weighted by Crippen LogP contribution is -2.38. The molecule has 25 heavy (non-hydrogen) atoms. The standard InChI is InChI=1S/C19H29N3O.2ClH/c20-17-10-6-9-16(17)13-19(23)21-18(14-22-11-4-5-12-22)15-7-2-1-3-8-15;;/h1-3,7-8,16-18H,4-6,9-14,20H2,(H,21,23);2*1H/t16-,17+,18?;;/m0../s1. The highest BCUT2D eigenvalue weighted by molar-refractivity contribution is 5.85. The van der Waals surface area contributed by atoms with Gasteiger partial charge in [-0.15, -0.1) is 24.8 Å². The number of rotatable bonds is 6. The highest BCUT2D eigenvalue weighted by atomic mass is 35.5. The molecule has 142 valence electrons. The van der Waals surface area contributed by atoms with Crippen LogP contribution in [-0.4, -0.2) is 36.5 Å². The molecule has 2 aliphatic rings. The van der Waals surface area contributed by atoms with Gasteiger partial charge in [0.2, 0.25) is 5.91 Å². The number of carbonyl (C=O) groups is 1. The summed E-state index contributed by atoms with van der Waals surface area (Å²) in [7, 11) is 0. The molecule has 1 saturated carbocycles. The summed E-state index contributed by atoms with van der Waals surface area (Å²) >= 11 is 0. The van der Waals surface area contributed by atoms with Gasteiger partial charge in [-0.2, -0.15) is 0 Å². The molecule has 1 heterocycles. The third-order valence-corrected chi connectivity index (χ3v) is 5.34. The molecule has 1 aromatic carbocycles. The molecule has 1 unspecified atom stereocenters. The summed E-state index contributed by atoms with van der Waals surface area (Å²) in [6, 6.07) is 10.6. The maximum Gasteiger partial charge on any atom is 0.220 e. The van der Waals surface area contributed by atoms with Crippen molar-refractivity contribution in [3.05, 3.63) is 35.9 Å². The molecular weight excluding hydrogens is 357 g/mol. The maximum atomic E-state index is 12.5. The molecule has 3 atom stereocenters. The van der Waals surface area contributed by atoms with E-state index in [1.807, 2.05) is 18.2 Å². The summed E-state index contributed by atoms with van der Waals surface area (Å²) < 4.78 is 0. The number of hydrogen-bond donors (Lipinski definition) is 2. The Balaban J connectivity index is 0.00000156. The minimum atomic E-state index is 0. The van der Waals surface area contributed by atoms with Crippen molar-refractivity contribution in [2.24, 2.45) is 11.7 Å². The van der Waals surface area contributed by atoms with Gasteiger partial charge in [-0.1, -0.05) is 36.8 Å². The fourth-order valence-electron chi connectivity index (χ4n) is 3.95. The Bertz CT molecular complexity index is 509. The van der Waals surface area contributed by atoms with E-state index >= 15 is 0 Å². The van der Waals surface area contributed by atoms with Gasteiger partial charge in [-0.05, 0) is 50.3 Å². The lowest BCUT2D eigenvalue weighted by molar-refractivity contribution is -0.123. The van der Waals surface area contributed by atoms with Gasteiger partial charge in [0, 0.05) is 19.0 Å². The van der Waals surface area contributed by atoms with Gasteiger partial charge in [0.15, 0.2) is 0 Å². The van der Waals surface area contributed by atoms with Crippen molar-refractivity contribution >= 4 is 30.7 Å².